The van der Waals surface area contributed by atoms with E-state index in [4.69, 9.17) is 0 Å². The first-order valence-electron chi connectivity index (χ1n) is 7.51. The van der Waals surface area contributed by atoms with Crippen LogP contribution in [0, 0.1) is 0 Å². The molecule has 0 aliphatic rings. The number of H-pyrrole nitrogens is 1. The van der Waals surface area contributed by atoms with Gasteiger partial charge in [-0.25, -0.2) is 5.10 Å². The van der Waals surface area contributed by atoms with Crippen molar-refractivity contribution in [2.75, 3.05) is 5.32 Å². The summed E-state index contributed by atoms with van der Waals surface area (Å²) in [5.74, 6) is -0.234. The largest absolute Gasteiger partial charge is 0.322 e. The summed E-state index contributed by atoms with van der Waals surface area (Å²) in [6.45, 7) is 0. The average Bonchev–Trinajstić information content (AvgIpc) is 2.62. The van der Waals surface area contributed by atoms with Crippen molar-refractivity contribution in [3.63, 3.8) is 0 Å². The van der Waals surface area contributed by atoms with Crippen molar-refractivity contribution in [2.45, 2.75) is 0 Å². The molecule has 0 fully saturated rings. The van der Waals surface area contributed by atoms with E-state index in [2.05, 4.69) is 31.4 Å². The van der Waals surface area contributed by atoms with Crippen LogP contribution in [0.3, 0.4) is 0 Å². The van der Waals surface area contributed by atoms with Crippen molar-refractivity contribution in [3.8, 4) is 11.3 Å². The third-order valence-electron chi connectivity index (χ3n) is 3.42. The first kappa shape index (κ1) is 16.9. The molecule has 0 saturated carbocycles. The zero-order valence-electron chi connectivity index (χ0n) is 13.1. The number of amides is 1. The lowest BCUT2D eigenvalue weighted by Gasteiger charge is -2.05. The number of nitrogens with zero attached hydrogens (tertiary/aromatic N) is 1. The number of aromatic amines is 1. The van der Waals surface area contributed by atoms with Gasteiger partial charge in [0.25, 0.3) is 5.56 Å². The van der Waals surface area contributed by atoms with E-state index in [1.807, 2.05) is 36.4 Å². The zero-order valence-corrected chi connectivity index (χ0v) is 14.7. The molecule has 1 heterocycles. The maximum Gasteiger partial charge on any atom is 0.264 e. The minimum atomic E-state index is -0.259. The van der Waals surface area contributed by atoms with Gasteiger partial charge in [0.2, 0.25) is 5.91 Å². The Kier molecular flexibility index (Phi) is 5.20. The standard InChI is InChI=1S/C19H14BrN3O2/c20-16-7-2-1-4-13(16)8-10-18(24)21-15-6-3-5-14(12-15)17-9-11-19(25)23-22-17/h1-12H,(H,21,24)(H,23,25)/b10-8+. The van der Waals surface area contributed by atoms with E-state index in [9.17, 15) is 9.59 Å². The topological polar surface area (TPSA) is 74.8 Å². The maximum atomic E-state index is 12.1. The van der Waals surface area contributed by atoms with E-state index in [0.717, 1.165) is 15.6 Å². The summed E-state index contributed by atoms with van der Waals surface area (Å²) in [5.41, 5.74) is 2.73. The lowest BCUT2D eigenvalue weighted by atomic mass is 10.1. The van der Waals surface area contributed by atoms with Crippen LogP contribution in [-0.2, 0) is 4.79 Å². The average molecular weight is 396 g/mol. The SMILES string of the molecule is O=C(/C=C/c1ccccc1Br)Nc1cccc(-c2ccc(=O)[nH]n2)c1. The fourth-order valence-corrected chi connectivity index (χ4v) is 2.64. The molecule has 0 saturated heterocycles. The third-order valence-corrected chi connectivity index (χ3v) is 4.15. The molecule has 3 aromatic rings. The lowest BCUT2D eigenvalue weighted by molar-refractivity contribution is -0.111. The fraction of sp³-hybridized carbons (Fsp3) is 0. The molecule has 0 spiro atoms. The predicted octanol–water partition coefficient (Wildman–Crippen LogP) is 3.85. The van der Waals surface area contributed by atoms with Crippen LogP contribution in [0.4, 0.5) is 5.69 Å². The zero-order chi connectivity index (χ0) is 17.6. The molecule has 0 aliphatic carbocycles. The number of anilines is 1. The van der Waals surface area contributed by atoms with Gasteiger partial charge >= 0.3 is 0 Å². The van der Waals surface area contributed by atoms with E-state index in [0.29, 0.717) is 11.4 Å². The van der Waals surface area contributed by atoms with Gasteiger partial charge in [-0.05, 0) is 35.9 Å². The smallest absolute Gasteiger partial charge is 0.264 e. The molecule has 3 rings (SSSR count). The van der Waals surface area contributed by atoms with E-state index in [1.54, 1.807) is 24.3 Å². The molecule has 0 atom stereocenters. The fourth-order valence-electron chi connectivity index (χ4n) is 2.22. The number of carbonyl (C=O) groups is 1. The van der Waals surface area contributed by atoms with Gasteiger partial charge in [0.15, 0.2) is 0 Å². The second kappa shape index (κ2) is 7.72. The van der Waals surface area contributed by atoms with Gasteiger partial charge in [0.05, 0.1) is 5.69 Å². The van der Waals surface area contributed by atoms with Crippen LogP contribution < -0.4 is 10.9 Å². The minimum absolute atomic E-state index is 0.234. The first-order chi connectivity index (χ1) is 12.1. The molecular weight excluding hydrogens is 382 g/mol. The molecule has 0 aliphatic heterocycles. The molecule has 1 aromatic heterocycles. The summed E-state index contributed by atoms with van der Waals surface area (Å²) in [5, 5.41) is 9.19. The molecule has 2 N–H and O–H groups in total. The summed E-state index contributed by atoms with van der Waals surface area (Å²) in [4.78, 5) is 23.2. The van der Waals surface area contributed by atoms with Crippen molar-refractivity contribution in [2.24, 2.45) is 0 Å². The van der Waals surface area contributed by atoms with Gasteiger partial charge in [-0.15, -0.1) is 0 Å². The monoisotopic (exact) mass is 395 g/mol. The van der Waals surface area contributed by atoms with Crippen molar-refractivity contribution in [3.05, 3.63) is 87.1 Å². The Morgan fingerprint density at radius 2 is 1.92 bits per heavy atom. The van der Waals surface area contributed by atoms with E-state index < -0.39 is 0 Å². The van der Waals surface area contributed by atoms with E-state index in [1.165, 1.54) is 12.1 Å². The van der Waals surface area contributed by atoms with Crippen molar-refractivity contribution in [1.82, 2.24) is 10.2 Å². The Morgan fingerprint density at radius 1 is 1.08 bits per heavy atom. The minimum Gasteiger partial charge on any atom is -0.322 e. The van der Waals surface area contributed by atoms with Gasteiger partial charge in [-0.1, -0.05) is 46.3 Å². The highest BCUT2D eigenvalue weighted by Crippen LogP contribution is 2.20. The number of halogens is 1. The highest BCUT2D eigenvalue weighted by atomic mass is 79.9. The molecule has 2 aromatic carbocycles. The molecule has 0 unspecified atom stereocenters. The van der Waals surface area contributed by atoms with Crippen molar-refractivity contribution >= 4 is 33.6 Å². The summed E-state index contributed by atoms with van der Waals surface area (Å²) in [7, 11) is 0. The van der Waals surface area contributed by atoms with Gasteiger partial charge in [0, 0.05) is 27.9 Å². The van der Waals surface area contributed by atoms with Gasteiger partial charge in [0.1, 0.15) is 0 Å². The second-order valence-electron chi connectivity index (χ2n) is 5.23. The Bertz CT molecular complexity index is 975. The van der Waals surface area contributed by atoms with Crippen LogP contribution in [0.1, 0.15) is 5.56 Å². The number of benzene rings is 2. The molecule has 6 heteroatoms. The van der Waals surface area contributed by atoms with Crippen LogP contribution >= 0.6 is 15.9 Å². The van der Waals surface area contributed by atoms with Crippen LogP contribution in [0.25, 0.3) is 17.3 Å². The Labute approximate surface area is 152 Å². The number of rotatable bonds is 4. The summed E-state index contributed by atoms with van der Waals surface area (Å²) >= 11 is 3.44. The number of hydrogen-bond acceptors (Lipinski definition) is 3. The quantitative estimate of drug-likeness (QED) is 0.658. The van der Waals surface area contributed by atoms with Gasteiger partial charge in [-0.3, -0.25) is 9.59 Å². The summed E-state index contributed by atoms with van der Waals surface area (Å²) in [6.07, 6.45) is 3.22. The predicted molar refractivity (Wildman–Crippen MR) is 102 cm³/mol. The summed E-state index contributed by atoms with van der Waals surface area (Å²) < 4.78 is 0.921. The van der Waals surface area contributed by atoms with Crippen molar-refractivity contribution in [1.29, 1.82) is 0 Å². The van der Waals surface area contributed by atoms with Gasteiger partial charge < -0.3 is 5.32 Å². The number of nitrogens with one attached hydrogen (secondary N) is 2. The molecule has 25 heavy (non-hydrogen) atoms. The molecular formula is C19H14BrN3O2. The second-order valence-corrected chi connectivity index (χ2v) is 6.09. The molecule has 0 bridgehead atoms. The summed E-state index contributed by atoms with van der Waals surface area (Å²) in [6, 6.07) is 17.9. The Hall–Kier alpha value is -2.99. The Balaban J connectivity index is 1.73. The third kappa shape index (κ3) is 4.51. The van der Waals surface area contributed by atoms with Crippen LogP contribution in [0.15, 0.2) is 76.0 Å². The van der Waals surface area contributed by atoms with Crippen molar-refractivity contribution < 1.29 is 4.79 Å². The van der Waals surface area contributed by atoms with E-state index in [-0.39, 0.29) is 11.5 Å². The molecule has 124 valence electrons. The number of carbonyl (C=O) groups excluding carboxylic acids is 1. The van der Waals surface area contributed by atoms with E-state index >= 15 is 0 Å². The highest BCUT2D eigenvalue weighted by Gasteiger charge is 2.03. The molecule has 1 amide bonds. The normalized spacial score (nSPS) is 10.8. The van der Waals surface area contributed by atoms with Crippen LogP contribution in [0.2, 0.25) is 0 Å². The molecule has 0 radical (unpaired) electrons. The van der Waals surface area contributed by atoms with Crippen LogP contribution in [0.5, 0.6) is 0 Å². The number of hydrogen-bond donors (Lipinski definition) is 2. The lowest BCUT2D eigenvalue weighted by Crippen LogP contribution is -2.08. The maximum absolute atomic E-state index is 12.1. The first-order valence-corrected chi connectivity index (χ1v) is 8.31. The van der Waals surface area contributed by atoms with Crippen LogP contribution in [-0.4, -0.2) is 16.1 Å². The molecule has 5 nitrogen and oxygen atoms in total. The highest BCUT2D eigenvalue weighted by molar-refractivity contribution is 9.10. The van der Waals surface area contributed by atoms with Gasteiger partial charge in [-0.2, -0.15) is 5.10 Å². The Morgan fingerprint density at radius 3 is 2.68 bits per heavy atom. The number of aromatic nitrogens is 2.